The summed E-state index contributed by atoms with van der Waals surface area (Å²) in [6, 6.07) is 12.8. The van der Waals surface area contributed by atoms with Crippen LogP contribution in [0.25, 0.3) is 0 Å². The van der Waals surface area contributed by atoms with Crippen LogP contribution >= 0.6 is 0 Å². The first kappa shape index (κ1) is 19.1. The molecule has 0 aliphatic rings. The zero-order valence-corrected chi connectivity index (χ0v) is 14.5. The Balaban J connectivity index is 1.88. The van der Waals surface area contributed by atoms with E-state index in [9.17, 15) is 19.4 Å². The maximum atomic E-state index is 13.2. The summed E-state index contributed by atoms with van der Waals surface area (Å²) in [7, 11) is 0. The summed E-state index contributed by atoms with van der Waals surface area (Å²) in [4.78, 5) is 12.1. The predicted molar refractivity (Wildman–Crippen MR) is 94.8 cm³/mol. The monoisotopic (exact) mass is 345 g/mol. The van der Waals surface area contributed by atoms with Crippen LogP contribution in [0.4, 0.5) is 4.39 Å². The normalized spacial score (nSPS) is 12.7. The van der Waals surface area contributed by atoms with E-state index >= 15 is 0 Å². The molecular weight excluding hydrogens is 321 g/mol. The Kier molecular flexibility index (Phi) is 6.28. The van der Waals surface area contributed by atoms with Gasteiger partial charge in [0.15, 0.2) is 0 Å². The zero-order chi connectivity index (χ0) is 18.4. The minimum absolute atomic E-state index is 0.00272. The molecule has 3 N–H and O–H groups in total. The molecule has 2 aromatic rings. The molecule has 0 saturated heterocycles. The molecule has 4 nitrogen and oxygen atoms in total. The van der Waals surface area contributed by atoms with Gasteiger partial charge in [-0.05, 0) is 62.1 Å². The van der Waals surface area contributed by atoms with Gasteiger partial charge >= 0.3 is 0 Å². The van der Waals surface area contributed by atoms with Crippen molar-refractivity contribution in [1.82, 2.24) is 5.32 Å². The second-order valence-electron chi connectivity index (χ2n) is 6.79. The van der Waals surface area contributed by atoms with Crippen LogP contribution in [-0.2, 0) is 6.42 Å². The van der Waals surface area contributed by atoms with E-state index in [1.807, 2.05) is 12.1 Å². The molecule has 0 heterocycles. The highest BCUT2D eigenvalue weighted by Gasteiger charge is 2.13. The van der Waals surface area contributed by atoms with Crippen LogP contribution in [0.1, 0.15) is 47.9 Å². The summed E-state index contributed by atoms with van der Waals surface area (Å²) >= 11 is 0. The first-order valence-corrected chi connectivity index (χ1v) is 8.28. The topological polar surface area (TPSA) is 69.6 Å². The van der Waals surface area contributed by atoms with Gasteiger partial charge in [0.1, 0.15) is 5.82 Å². The van der Waals surface area contributed by atoms with Crippen LogP contribution < -0.4 is 5.32 Å². The Bertz CT molecular complexity index is 708. The van der Waals surface area contributed by atoms with Crippen molar-refractivity contribution in [3.05, 3.63) is 71.0 Å². The van der Waals surface area contributed by atoms with Crippen molar-refractivity contribution in [1.29, 1.82) is 0 Å². The second kappa shape index (κ2) is 8.23. The van der Waals surface area contributed by atoms with Crippen molar-refractivity contribution in [2.24, 2.45) is 0 Å². The van der Waals surface area contributed by atoms with Gasteiger partial charge < -0.3 is 15.5 Å². The highest BCUT2D eigenvalue weighted by Crippen LogP contribution is 2.15. The van der Waals surface area contributed by atoms with E-state index in [0.717, 1.165) is 12.0 Å². The number of amides is 1. The first-order chi connectivity index (χ1) is 11.7. The van der Waals surface area contributed by atoms with Crippen molar-refractivity contribution in [3.63, 3.8) is 0 Å². The summed E-state index contributed by atoms with van der Waals surface area (Å²) in [6.45, 7) is 3.53. The van der Waals surface area contributed by atoms with Crippen LogP contribution in [0.15, 0.2) is 48.5 Å². The van der Waals surface area contributed by atoms with Crippen LogP contribution in [0, 0.1) is 5.82 Å². The minimum Gasteiger partial charge on any atom is -0.390 e. The van der Waals surface area contributed by atoms with Gasteiger partial charge in [-0.1, -0.05) is 24.3 Å². The molecule has 0 aromatic heterocycles. The number of nitrogens with one attached hydrogen (secondary N) is 1. The molecule has 0 bridgehead atoms. The lowest BCUT2D eigenvalue weighted by Gasteiger charge is -2.16. The van der Waals surface area contributed by atoms with E-state index in [0.29, 0.717) is 17.5 Å². The van der Waals surface area contributed by atoms with E-state index in [4.69, 9.17) is 0 Å². The lowest BCUT2D eigenvalue weighted by Crippen LogP contribution is -2.28. The molecule has 134 valence electrons. The van der Waals surface area contributed by atoms with Gasteiger partial charge in [-0.2, -0.15) is 0 Å². The second-order valence-corrected chi connectivity index (χ2v) is 6.79. The van der Waals surface area contributed by atoms with E-state index in [1.54, 1.807) is 32.0 Å². The van der Waals surface area contributed by atoms with Crippen molar-refractivity contribution in [3.8, 4) is 0 Å². The summed E-state index contributed by atoms with van der Waals surface area (Å²) in [5.74, 6) is -0.728. The van der Waals surface area contributed by atoms with Gasteiger partial charge in [0.2, 0.25) is 0 Å². The van der Waals surface area contributed by atoms with E-state index in [2.05, 4.69) is 5.32 Å². The van der Waals surface area contributed by atoms with Crippen LogP contribution in [0.5, 0.6) is 0 Å². The average molecular weight is 345 g/mol. The Hall–Kier alpha value is -2.24. The summed E-state index contributed by atoms with van der Waals surface area (Å²) in [6.07, 6.45) is 0.396. The lowest BCUT2D eigenvalue weighted by molar-refractivity contribution is 0.0713. The number of halogens is 1. The maximum absolute atomic E-state index is 13.2. The number of rotatable bonds is 7. The summed E-state index contributed by atoms with van der Waals surface area (Å²) < 4.78 is 13.2. The van der Waals surface area contributed by atoms with E-state index in [-0.39, 0.29) is 12.5 Å². The number of carbonyl (C=O) groups excluding carboxylic acids is 1. The highest BCUT2D eigenvalue weighted by atomic mass is 19.1. The van der Waals surface area contributed by atoms with Crippen LogP contribution in [0.3, 0.4) is 0 Å². The third-order valence-electron chi connectivity index (χ3n) is 3.93. The fourth-order valence-electron chi connectivity index (χ4n) is 2.40. The van der Waals surface area contributed by atoms with Gasteiger partial charge in [-0.25, -0.2) is 4.39 Å². The van der Waals surface area contributed by atoms with Crippen molar-refractivity contribution < 1.29 is 19.4 Å². The molecule has 0 spiro atoms. The Labute approximate surface area is 147 Å². The molecular formula is C20H24FNO3. The van der Waals surface area contributed by atoms with Gasteiger partial charge in [-0.15, -0.1) is 0 Å². The Morgan fingerprint density at radius 1 is 1.20 bits per heavy atom. The van der Waals surface area contributed by atoms with Crippen molar-refractivity contribution in [2.75, 3.05) is 6.54 Å². The third-order valence-corrected chi connectivity index (χ3v) is 3.93. The molecule has 1 amide bonds. The van der Waals surface area contributed by atoms with Crippen molar-refractivity contribution >= 4 is 5.91 Å². The number of carbonyl (C=O) groups is 1. The Morgan fingerprint density at radius 2 is 1.88 bits per heavy atom. The third kappa shape index (κ3) is 6.29. The average Bonchev–Trinajstić information content (AvgIpc) is 2.57. The molecule has 0 saturated carbocycles. The number of aliphatic hydroxyl groups is 2. The molecule has 0 radical (unpaired) electrons. The quantitative estimate of drug-likeness (QED) is 0.722. The number of aliphatic hydroxyl groups excluding tert-OH is 1. The number of benzene rings is 2. The SMILES string of the molecule is CC(C)(O)CCc1ccc(C(=O)NC[C@H](O)c2cccc(F)c2)cc1. The molecule has 2 aromatic carbocycles. The molecule has 2 rings (SSSR count). The minimum atomic E-state index is -0.967. The molecule has 0 aliphatic carbocycles. The summed E-state index contributed by atoms with van der Waals surface area (Å²) in [5, 5.41) is 22.4. The number of hydrogen-bond acceptors (Lipinski definition) is 3. The van der Waals surface area contributed by atoms with Gasteiger partial charge in [0.05, 0.1) is 11.7 Å². The predicted octanol–water partition coefficient (Wildman–Crippen LogP) is 2.99. The van der Waals surface area contributed by atoms with Crippen LogP contribution in [0.2, 0.25) is 0 Å². The smallest absolute Gasteiger partial charge is 0.251 e. The van der Waals surface area contributed by atoms with Gasteiger partial charge in [0, 0.05) is 12.1 Å². The molecule has 25 heavy (non-hydrogen) atoms. The first-order valence-electron chi connectivity index (χ1n) is 8.28. The van der Waals surface area contributed by atoms with Gasteiger partial charge in [-0.3, -0.25) is 4.79 Å². The van der Waals surface area contributed by atoms with Gasteiger partial charge in [0.25, 0.3) is 5.91 Å². The standard InChI is InChI=1S/C20H24FNO3/c1-20(2,25)11-10-14-6-8-15(9-7-14)19(24)22-13-18(23)16-4-3-5-17(21)12-16/h3-9,12,18,23,25H,10-11,13H2,1-2H3,(H,22,24)/t18-/m0/s1. The molecule has 0 fully saturated rings. The maximum Gasteiger partial charge on any atom is 0.251 e. The zero-order valence-electron chi connectivity index (χ0n) is 14.5. The fraction of sp³-hybridized carbons (Fsp3) is 0.350. The molecule has 0 unspecified atom stereocenters. The highest BCUT2D eigenvalue weighted by molar-refractivity contribution is 5.94. The Morgan fingerprint density at radius 3 is 2.48 bits per heavy atom. The summed E-state index contributed by atoms with van der Waals surface area (Å²) in [5.41, 5.74) is 1.22. The molecule has 5 heteroatoms. The van der Waals surface area contributed by atoms with E-state index in [1.165, 1.54) is 18.2 Å². The van der Waals surface area contributed by atoms with E-state index < -0.39 is 17.5 Å². The number of aryl methyl sites for hydroxylation is 1. The number of hydrogen-bond donors (Lipinski definition) is 3. The largest absolute Gasteiger partial charge is 0.390 e. The molecule has 0 aliphatic heterocycles. The van der Waals surface area contributed by atoms with Crippen LogP contribution in [-0.4, -0.2) is 28.3 Å². The molecule has 1 atom stereocenters. The van der Waals surface area contributed by atoms with Crippen molar-refractivity contribution in [2.45, 2.75) is 38.4 Å². The fourth-order valence-corrected chi connectivity index (χ4v) is 2.40. The lowest BCUT2D eigenvalue weighted by atomic mass is 9.98.